The summed E-state index contributed by atoms with van der Waals surface area (Å²) in [5.74, 6) is 0.336. The number of hydrogen-bond donors (Lipinski definition) is 2. The van der Waals surface area contributed by atoms with Gasteiger partial charge in [0.1, 0.15) is 0 Å². The molecular formula is C19H27NO3. The zero-order valence-corrected chi connectivity index (χ0v) is 13.8. The predicted octanol–water partition coefficient (Wildman–Crippen LogP) is 3.72. The molecule has 0 aliphatic heterocycles. The third-order valence-corrected chi connectivity index (χ3v) is 4.79. The first-order valence-electron chi connectivity index (χ1n) is 8.60. The van der Waals surface area contributed by atoms with Crippen molar-refractivity contribution < 1.29 is 14.7 Å². The minimum Gasteiger partial charge on any atom is -0.481 e. The van der Waals surface area contributed by atoms with Crippen molar-refractivity contribution >= 4 is 11.9 Å². The minimum atomic E-state index is -0.815. The maximum Gasteiger partial charge on any atom is 0.303 e. The Bertz CT molecular complexity index is 507. The number of hydrogen-bond acceptors (Lipinski definition) is 2. The summed E-state index contributed by atoms with van der Waals surface area (Å²) in [6.07, 6.45) is 5.64. The molecule has 1 unspecified atom stereocenters. The zero-order chi connectivity index (χ0) is 16.7. The molecule has 23 heavy (non-hydrogen) atoms. The number of amides is 1. The van der Waals surface area contributed by atoms with Crippen LogP contribution in [-0.2, 0) is 9.59 Å². The van der Waals surface area contributed by atoms with Gasteiger partial charge in [-0.1, -0.05) is 30.3 Å². The summed E-state index contributed by atoms with van der Waals surface area (Å²) in [5, 5.41) is 11.6. The summed E-state index contributed by atoms with van der Waals surface area (Å²) in [6, 6.07) is 10.6. The van der Waals surface area contributed by atoms with Crippen LogP contribution in [-0.4, -0.2) is 23.0 Å². The molecule has 1 aromatic carbocycles. The Labute approximate surface area is 138 Å². The van der Waals surface area contributed by atoms with Crippen LogP contribution in [0.15, 0.2) is 30.3 Å². The summed E-state index contributed by atoms with van der Waals surface area (Å²) in [5.41, 5.74) is 1.41. The van der Waals surface area contributed by atoms with Crippen molar-refractivity contribution in [1.82, 2.24) is 5.32 Å². The highest BCUT2D eigenvalue weighted by molar-refractivity contribution is 5.76. The van der Waals surface area contributed by atoms with Crippen LogP contribution < -0.4 is 5.32 Å². The lowest BCUT2D eigenvalue weighted by Crippen LogP contribution is -2.34. The van der Waals surface area contributed by atoms with Crippen molar-refractivity contribution in [2.45, 2.75) is 63.8 Å². The second-order valence-corrected chi connectivity index (χ2v) is 6.73. The van der Waals surface area contributed by atoms with E-state index in [1.165, 1.54) is 5.56 Å². The van der Waals surface area contributed by atoms with Crippen molar-refractivity contribution in [3.05, 3.63) is 35.9 Å². The molecule has 1 aliphatic carbocycles. The summed E-state index contributed by atoms with van der Waals surface area (Å²) >= 11 is 0. The highest BCUT2D eigenvalue weighted by Gasteiger charge is 2.24. The van der Waals surface area contributed by atoms with Gasteiger partial charge in [0.2, 0.25) is 5.91 Å². The van der Waals surface area contributed by atoms with E-state index >= 15 is 0 Å². The van der Waals surface area contributed by atoms with Crippen LogP contribution in [0.25, 0.3) is 0 Å². The quantitative estimate of drug-likeness (QED) is 0.805. The first-order chi connectivity index (χ1) is 11.0. The molecule has 0 bridgehead atoms. The maximum absolute atomic E-state index is 12.1. The largest absolute Gasteiger partial charge is 0.481 e. The standard InChI is InChI=1S/C19H27NO3/c1-14(7-12-19(22)23)20-18(21)13-15-8-10-17(11-9-15)16-5-3-2-4-6-16/h2-6,14-15,17H,7-13H2,1H3,(H,20,21)(H,22,23). The zero-order valence-electron chi connectivity index (χ0n) is 13.8. The van der Waals surface area contributed by atoms with Crippen LogP contribution in [0.3, 0.4) is 0 Å². The van der Waals surface area contributed by atoms with Crippen molar-refractivity contribution in [3.8, 4) is 0 Å². The van der Waals surface area contributed by atoms with Crippen LogP contribution in [0.1, 0.15) is 63.4 Å². The Morgan fingerprint density at radius 3 is 2.43 bits per heavy atom. The Hall–Kier alpha value is -1.84. The van der Waals surface area contributed by atoms with Gasteiger partial charge in [-0.15, -0.1) is 0 Å². The Balaban J connectivity index is 1.69. The molecule has 0 radical (unpaired) electrons. The van der Waals surface area contributed by atoms with Gasteiger partial charge in [0.25, 0.3) is 0 Å². The van der Waals surface area contributed by atoms with E-state index in [0.717, 1.165) is 25.7 Å². The van der Waals surface area contributed by atoms with Crippen LogP contribution in [0.2, 0.25) is 0 Å². The molecule has 1 fully saturated rings. The Morgan fingerprint density at radius 1 is 1.17 bits per heavy atom. The number of carbonyl (C=O) groups is 2. The lowest BCUT2D eigenvalue weighted by molar-refractivity contribution is -0.137. The van der Waals surface area contributed by atoms with Gasteiger partial charge in [-0.25, -0.2) is 0 Å². The first-order valence-corrected chi connectivity index (χ1v) is 8.60. The molecule has 126 valence electrons. The van der Waals surface area contributed by atoms with Gasteiger partial charge < -0.3 is 10.4 Å². The van der Waals surface area contributed by atoms with Crippen molar-refractivity contribution in [1.29, 1.82) is 0 Å². The summed E-state index contributed by atoms with van der Waals surface area (Å²) in [6.45, 7) is 1.87. The SMILES string of the molecule is CC(CCC(=O)O)NC(=O)CC1CCC(c2ccccc2)CC1. The molecular weight excluding hydrogens is 290 g/mol. The molecule has 0 heterocycles. The van der Waals surface area contributed by atoms with E-state index < -0.39 is 5.97 Å². The lowest BCUT2D eigenvalue weighted by atomic mass is 9.77. The monoisotopic (exact) mass is 317 g/mol. The molecule has 1 saturated carbocycles. The van der Waals surface area contributed by atoms with E-state index in [1.54, 1.807) is 0 Å². The van der Waals surface area contributed by atoms with Gasteiger partial charge in [0, 0.05) is 18.9 Å². The molecule has 0 saturated heterocycles. The van der Waals surface area contributed by atoms with Gasteiger partial charge in [0.15, 0.2) is 0 Å². The van der Waals surface area contributed by atoms with E-state index in [1.807, 2.05) is 13.0 Å². The van der Waals surface area contributed by atoms with Crippen LogP contribution in [0, 0.1) is 5.92 Å². The molecule has 0 aromatic heterocycles. The smallest absolute Gasteiger partial charge is 0.303 e. The van der Waals surface area contributed by atoms with Crippen molar-refractivity contribution in [2.24, 2.45) is 5.92 Å². The third-order valence-electron chi connectivity index (χ3n) is 4.79. The molecule has 4 nitrogen and oxygen atoms in total. The molecule has 1 atom stereocenters. The number of nitrogens with one attached hydrogen (secondary N) is 1. The van der Waals surface area contributed by atoms with E-state index in [-0.39, 0.29) is 18.4 Å². The molecule has 4 heteroatoms. The van der Waals surface area contributed by atoms with E-state index in [0.29, 0.717) is 24.7 Å². The fourth-order valence-electron chi connectivity index (χ4n) is 3.43. The summed E-state index contributed by atoms with van der Waals surface area (Å²) < 4.78 is 0. The van der Waals surface area contributed by atoms with Crippen molar-refractivity contribution in [2.75, 3.05) is 0 Å². The normalized spacial score (nSPS) is 22.3. The van der Waals surface area contributed by atoms with Gasteiger partial charge in [-0.3, -0.25) is 9.59 Å². The molecule has 0 spiro atoms. The second kappa shape index (κ2) is 8.70. The number of rotatable bonds is 7. The number of aliphatic carboxylic acids is 1. The Morgan fingerprint density at radius 2 is 1.83 bits per heavy atom. The van der Waals surface area contributed by atoms with E-state index in [9.17, 15) is 9.59 Å². The molecule has 1 aromatic rings. The molecule has 1 amide bonds. The highest BCUT2D eigenvalue weighted by atomic mass is 16.4. The van der Waals surface area contributed by atoms with Crippen LogP contribution >= 0.6 is 0 Å². The Kier molecular flexibility index (Phi) is 6.63. The van der Waals surface area contributed by atoms with Gasteiger partial charge in [-0.2, -0.15) is 0 Å². The molecule has 2 rings (SSSR count). The maximum atomic E-state index is 12.1. The number of carboxylic acids is 1. The van der Waals surface area contributed by atoms with Crippen LogP contribution in [0.4, 0.5) is 0 Å². The van der Waals surface area contributed by atoms with Crippen LogP contribution in [0.5, 0.6) is 0 Å². The van der Waals surface area contributed by atoms with E-state index in [4.69, 9.17) is 5.11 Å². The predicted molar refractivity (Wildman–Crippen MR) is 90.2 cm³/mol. The second-order valence-electron chi connectivity index (χ2n) is 6.73. The lowest BCUT2D eigenvalue weighted by Gasteiger charge is -2.28. The van der Waals surface area contributed by atoms with Crippen molar-refractivity contribution in [3.63, 3.8) is 0 Å². The fraction of sp³-hybridized carbons (Fsp3) is 0.579. The molecule has 2 N–H and O–H groups in total. The number of benzene rings is 1. The third kappa shape index (κ3) is 6.05. The van der Waals surface area contributed by atoms with Gasteiger partial charge in [-0.05, 0) is 56.4 Å². The average molecular weight is 317 g/mol. The van der Waals surface area contributed by atoms with Gasteiger partial charge >= 0.3 is 5.97 Å². The first kappa shape index (κ1) is 17.5. The number of carboxylic acid groups (broad SMARTS) is 1. The molecule has 1 aliphatic rings. The summed E-state index contributed by atoms with van der Waals surface area (Å²) in [4.78, 5) is 22.6. The summed E-state index contributed by atoms with van der Waals surface area (Å²) in [7, 11) is 0. The fourth-order valence-corrected chi connectivity index (χ4v) is 3.43. The number of carbonyl (C=O) groups excluding carboxylic acids is 1. The minimum absolute atomic E-state index is 0.0612. The highest BCUT2D eigenvalue weighted by Crippen LogP contribution is 2.36. The van der Waals surface area contributed by atoms with E-state index in [2.05, 4.69) is 29.6 Å². The van der Waals surface area contributed by atoms with Gasteiger partial charge in [0.05, 0.1) is 0 Å². The topological polar surface area (TPSA) is 66.4 Å². The average Bonchev–Trinajstić information content (AvgIpc) is 2.54.